The predicted molar refractivity (Wildman–Crippen MR) is 219 cm³/mol. The maximum absolute atomic E-state index is 6.89. The van der Waals surface area contributed by atoms with Crippen LogP contribution in [-0.2, 0) is 17.3 Å². The van der Waals surface area contributed by atoms with Crippen molar-refractivity contribution < 1.29 is 4.42 Å². The number of rotatable bonds is 5. The maximum Gasteiger partial charge on any atom is 0.132 e. The summed E-state index contributed by atoms with van der Waals surface area (Å²) in [5.74, 6) is 1.04. The van der Waals surface area contributed by atoms with Gasteiger partial charge in [-0.3, -0.25) is 0 Å². The van der Waals surface area contributed by atoms with Crippen molar-refractivity contribution in [2.24, 2.45) is 5.41 Å². The fourth-order valence-electron chi connectivity index (χ4n) is 9.47. The number of hydrogen-bond donors (Lipinski definition) is 0. The summed E-state index contributed by atoms with van der Waals surface area (Å²) in [7, 11) is 0. The first-order valence-corrected chi connectivity index (χ1v) is 18.6. The second kappa shape index (κ2) is 11.5. The van der Waals surface area contributed by atoms with Gasteiger partial charge in [-0.15, -0.1) is 0 Å². The number of hydrogen-bond acceptors (Lipinski definition) is 2. The third kappa shape index (κ3) is 4.43. The smallest absolute Gasteiger partial charge is 0.132 e. The molecule has 0 saturated carbocycles. The third-order valence-corrected chi connectivity index (χ3v) is 12.7. The topological polar surface area (TPSA) is 16.4 Å². The first-order valence-electron chi connectivity index (χ1n) is 18.6. The van der Waals surface area contributed by atoms with Gasteiger partial charge in [-0.1, -0.05) is 138 Å². The van der Waals surface area contributed by atoms with Gasteiger partial charge < -0.3 is 9.32 Å². The van der Waals surface area contributed by atoms with Gasteiger partial charge in [0.25, 0.3) is 0 Å². The first-order chi connectivity index (χ1) is 25.1. The molecule has 0 spiro atoms. The van der Waals surface area contributed by atoms with E-state index in [1.807, 2.05) is 6.08 Å². The van der Waals surface area contributed by atoms with Gasteiger partial charge >= 0.3 is 0 Å². The summed E-state index contributed by atoms with van der Waals surface area (Å²) in [5, 5.41) is 1.08. The number of anilines is 2. The zero-order valence-electron chi connectivity index (χ0n) is 31.0. The molecule has 0 saturated heterocycles. The molecule has 256 valence electrons. The molecule has 0 aliphatic heterocycles. The van der Waals surface area contributed by atoms with Gasteiger partial charge in [-0.05, 0) is 99.5 Å². The Hall–Kier alpha value is -5.60. The summed E-state index contributed by atoms with van der Waals surface area (Å²) in [6.45, 7) is 18.5. The molecule has 3 aliphatic rings. The van der Waals surface area contributed by atoms with E-state index in [0.29, 0.717) is 0 Å². The van der Waals surface area contributed by atoms with Crippen molar-refractivity contribution in [3.05, 3.63) is 178 Å². The number of fused-ring (bicyclic) bond motifs is 7. The zero-order chi connectivity index (χ0) is 36.0. The van der Waals surface area contributed by atoms with E-state index in [-0.39, 0.29) is 16.2 Å². The van der Waals surface area contributed by atoms with Crippen molar-refractivity contribution in [2.45, 2.75) is 58.8 Å². The van der Waals surface area contributed by atoms with Crippen molar-refractivity contribution in [1.29, 1.82) is 0 Å². The minimum atomic E-state index is -0.131. The van der Waals surface area contributed by atoms with Crippen LogP contribution in [0.3, 0.4) is 0 Å². The molecule has 2 heteroatoms. The Bertz CT molecular complexity index is 2580. The van der Waals surface area contributed by atoms with Gasteiger partial charge in [-0.2, -0.15) is 0 Å². The molecule has 9 rings (SSSR count). The molecule has 1 heterocycles. The molecule has 0 radical (unpaired) electrons. The van der Waals surface area contributed by atoms with Crippen LogP contribution in [0.25, 0.3) is 45.7 Å². The molecule has 3 aliphatic carbocycles. The van der Waals surface area contributed by atoms with Gasteiger partial charge in [0.1, 0.15) is 11.2 Å². The molecule has 52 heavy (non-hydrogen) atoms. The quantitative estimate of drug-likeness (QED) is 0.181. The Kier molecular flexibility index (Phi) is 7.12. The van der Waals surface area contributed by atoms with Crippen LogP contribution < -0.4 is 15.5 Å². The average molecular weight is 676 g/mol. The van der Waals surface area contributed by atoms with Gasteiger partial charge in [0.05, 0.1) is 10.9 Å². The van der Waals surface area contributed by atoms with Crippen LogP contribution in [0.1, 0.15) is 75.1 Å². The van der Waals surface area contributed by atoms with E-state index in [0.717, 1.165) is 45.5 Å². The lowest BCUT2D eigenvalue weighted by atomic mass is 9.61. The highest BCUT2D eigenvalue weighted by Crippen LogP contribution is 2.61. The van der Waals surface area contributed by atoms with Crippen LogP contribution in [0.2, 0.25) is 0 Å². The largest absolute Gasteiger partial charge is 0.461 e. The minimum absolute atomic E-state index is 0.0392. The number of nitrogens with zero attached hydrogens (tertiary/aromatic N) is 1. The molecule has 1 aromatic heterocycles. The lowest BCUT2D eigenvalue weighted by Crippen LogP contribution is -2.38. The van der Waals surface area contributed by atoms with Crippen molar-refractivity contribution in [3.63, 3.8) is 0 Å². The summed E-state index contributed by atoms with van der Waals surface area (Å²) in [4.78, 5) is 2.39. The monoisotopic (exact) mass is 675 g/mol. The number of allylic oxidation sites excluding steroid dienone is 1. The first kappa shape index (κ1) is 32.3. The summed E-state index contributed by atoms with van der Waals surface area (Å²) >= 11 is 0. The third-order valence-electron chi connectivity index (χ3n) is 12.7. The zero-order valence-corrected chi connectivity index (χ0v) is 31.0. The lowest BCUT2D eigenvalue weighted by Gasteiger charge is -2.41. The highest BCUT2D eigenvalue weighted by atomic mass is 16.3. The molecule has 6 aromatic rings. The molecular weight excluding hydrogens is 631 g/mol. The summed E-state index contributed by atoms with van der Waals surface area (Å²) < 4.78 is 6.89. The SMILES string of the molecule is C=C/C(=c1/c2c(o/c1=C/C)CC1(C)C(=C2)c2ccccc2C1(C)C)N(c1ccc(-c2ccccc2)cc1)c1ccc2c(c1)C(C)(C)c1ccccc1-2. The van der Waals surface area contributed by atoms with E-state index >= 15 is 0 Å². The average Bonchev–Trinajstić information content (AvgIpc) is 3.70. The maximum atomic E-state index is 6.89. The molecular formula is C50H45NO. The highest BCUT2D eigenvalue weighted by molar-refractivity contribution is 5.95. The highest BCUT2D eigenvalue weighted by Gasteiger charge is 2.54. The summed E-state index contributed by atoms with van der Waals surface area (Å²) in [6, 6.07) is 44.3. The normalized spacial score (nSPS) is 19.5. The fraction of sp³-hybridized carbons (Fsp3) is 0.200. The van der Waals surface area contributed by atoms with Crippen LogP contribution in [0.5, 0.6) is 0 Å². The number of benzene rings is 5. The molecule has 2 nitrogen and oxygen atoms in total. The molecule has 0 bridgehead atoms. The van der Waals surface area contributed by atoms with E-state index < -0.39 is 0 Å². The van der Waals surface area contributed by atoms with Gasteiger partial charge in [0, 0.05) is 39.6 Å². The summed E-state index contributed by atoms with van der Waals surface area (Å²) in [5.41, 5.74) is 16.8. The Morgan fingerprint density at radius 1 is 0.673 bits per heavy atom. The van der Waals surface area contributed by atoms with E-state index in [1.165, 1.54) is 50.1 Å². The van der Waals surface area contributed by atoms with Crippen molar-refractivity contribution in [1.82, 2.24) is 0 Å². The Morgan fingerprint density at radius 2 is 1.29 bits per heavy atom. The standard InChI is InChI=1S/C50H45NO/c1-8-44(47-39-30-43-38-20-14-16-22-41(38)49(5,6)50(43,7)31-46(39)52-45(47)9-2)51(34-25-23-33(24-26-34)32-17-11-10-12-18-32)35-27-28-37-36-19-13-15-21-40(36)48(3,4)42(37)29-35/h8-30H,1,31H2,2-7H3/b45-9+,47-44+. The molecule has 0 fully saturated rings. The Balaban J connectivity index is 1.30. The van der Waals surface area contributed by atoms with Gasteiger partial charge in [0.2, 0.25) is 0 Å². The van der Waals surface area contributed by atoms with Crippen molar-refractivity contribution >= 4 is 34.8 Å². The van der Waals surface area contributed by atoms with Crippen molar-refractivity contribution in [2.75, 3.05) is 4.90 Å². The molecule has 0 N–H and O–H groups in total. The van der Waals surface area contributed by atoms with Crippen LogP contribution in [0.15, 0.2) is 138 Å². The van der Waals surface area contributed by atoms with Crippen LogP contribution in [-0.4, -0.2) is 0 Å². The second-order valence-electron chi connectivity index (χ2n) is 15.9. The molecule has 5 aromatic carbocycles. The molecule has 0 amide bonds. The minimum Gasteiger partial charge on any atom is -0.461 e. The van der Waals surface area contributed by atoms with E-state index in [9.17, 15) is 0 Å². The van der Waals surface area contributed by atoms with Crippen LogP contribution in [0.4, 0.5) is 11.4 Å². The predicted octanol–water partition coefficient (Wildman–Crippen LogP) is 11.6. The van der Waals surface area contributed by atoms with Gasteiger partial charge in [0.15, 0.2) is 0 Å². The van der Waals surface area contributed by atoms with E-state index in [1.54, 1.807) is 0 Å². The number of furan rings is 1. The lowest BCUT2D eigenvalue weighted by molar-refractivity contribution is 0.248. The van der Waals surface area contributed by atoms with Gasteiger partial charge in [-0.25, -0.2) is 0 Å². The summed E-state index contributed by atoms with van der Waals surface area (Å²) in [6.07, 6.45) is 7.40. The Morgan fingerprint density at radius 3 is 2.00 bits per heavy atom. The second-order valence-corrected chi connectivity index (χ2v) is 15.9. The van der Waals surface area contributed by atoms with Crippen LogP contribution >= 0.6 is 0 Å². The van der Waals surface area contributed by atoms with E-state index in [2.05, 4.69) is 187 Å². The molecule has 1 unspecified atom stereocenters. The van der Waals surface area contributed by atoms with Crippen molar-refractivity contribution in [3.8, 4) is 22.3 Å². The van der Waals surface area contributed by atoms with E-state index in [4.69, 9.17) is 4.42 Å². The molecule has 1 atom stereocenters. The fourth-order valence-corrected chi connectivity index (χ4v) is 9.47. The Labute approximate surface area is 307 Å². The van der Waals surface area contributed by atoms with Crippen LogP contribution in [0, 0.1) is 5.41 Å².